The van der Waals surface area contributed by atoms with Gasteiger partial charge < -0.3 is 10.6 Å². The Kier molecular flexibility index (Phi) is 7.43. The first kappa shape index (κ1) is 22.2. The molecule has 0 aliphatic heterocycles. The lowest BCUT2D eigenvalue weighted by Crippen LogP contribution is -2.22. The molecular formula is C23H20Cl2N2O2S. The lowest BCUT2D eigenvalue weighted by molar-refractivity contribution is -0.115. The average molecular weight is 459 g/mol. The van der Waals surface area contributed by atoms with E-state index in [1.54, 1.807) is 24.3 Å². The van der Waals surface area contributed by atoms with Gasteiger partial charge in [0.15, 0.2) is 0 Å². The van der Waals surface area contributed by atoms with Crippen LogP contribution in [-0.4, -0.2) is 17.1 Å². The quantitative estimate of drug-likeness (QED) is 0.405. The van der Waals surface area contributed by atoms with Gasteiger partial charge in [-0.05, 0) is 62.4 Å². The second-order valence-electron chi connectivity index (χ2n) is 6.73. The molecule has 0 fully saturated rings. The van der Waals surface area contributed by atoms with Crippen LogP contribution in [0.25, 0.3) is 0 Å². The number of aryl methyl sites for hydroxylation is 1. The van der Waals surface area contributed by atoms with Crippen LogP contribution in [0.3, 0.4) is 0 Å². The normalized spacial score (nSPS) is 11.6. The Balaban J connectivity index is 1.63. The fraction of sp³-hybridized carbons (Fsp3) is 0.130. The predicted octanol–water partition coefficient (Wildman–Crippen LogP) is 6.67. The summed E-state index contributed by atoms with van der Waals surface area (Å²) >= 11 is 13.3. The van der Waals surface area contributed by atoms with Crippen LogP contribution in [0.15, 0.2) is 71.6 Å². The zero-order valence-electron chi connectivity index (χ0n) is 16.4. The van der Waals surface area contributed by atoms with Crippen molar-refractivity contribution < 1.29 is 9.59 Å². The van der Waals surface area contributed by atoms with E-state index in [1.165, 1.54) is 11.8 Å². The number of carbonyl (C=O) groups excluding carboxylic acids is 2. The standard InChI is InChI=1S/C23H20Cl2N2O2S/c1-14-5-3-6-16(11-14)23(29)27-17-7-4-8-19(12-17)30-15(2)22(28)26-18-9-10-20(24)21(25)13-18/h3-13,15H,1-2H3,(H,26,28)(H,27,29). The topological polar surface area (TPSA) is 58.2 Å². The van der Waals surface area contributed by atoms with E-state index >= 15 is 0 Å². The molecule has 3 aromatic rings. The fourth-order valence-electron chi connectivity index (χ4n) is 2.71. The number of anilines is 2. The van der Waals surface area contributed by atoms with Crippen LogP contribution in [0.2, 0.25) is 10.0 Å². The number of carbonyl (C=O) groups is 2. The summed E-state index contributed by atoms with van der Waals surface area (Å²) in [6.45, 7) is 3.76. The SMILES string of the molecule is Cc1cccc(C(=O)Nc2cccc(SC(C)C(=O)Nc3ccc(Cl)c(Cl)c3)c2)c1. The summed E-state index contributed by atoms with van der Waals surface area (Å²) in [5.74, 6) is -0.334. The molecule has 0 saturated carbocycles. The van der Waals surface area contributed by atoms with Gasteiger partial charge in [-0.1, -0.05) is 47.0 Å². The fourth-order valence-corrected chi connectivity index (χ4v) is 3.94. The van der Waals surface area contributed by atoms with Crippen molar-refractivity contribution in [2.75, 3.05) is 10.6 Å². The highest BCUT2D eigenvalue weighted by Gasteiger charge is 2.16. The number of amides is 2. The van der Waals surface area contributed by atoms with Crippen LogP contribution >= 0.6 is 35.0 Å². The molecule has 2 amide bonds. The van der Waals surface area contributed by atoms with Crippen LogP contribution in [0, 0.1) is 6.92 Å². The minimum absolute atomic E-state index is 0.160. The molecular weight excluding hydrogens is 439 g/mol. The van der Waals surface area contributed by atoms with Crippen molar-refractivity contribution >= 4 is 58.2 Å². The summed E-state index contributed by atoms with van der Waals surface area (Å²) < 4.78 is 0. The lowest BCUT2D eigenvalue weighted by Gasteiger charge is -2.13. The molecule has 0 aliphatic rings. The molecule has 1 unspecified atom stereocenters. The third kappa shape index (κ3) is 6.02. The highest BCUT2D eigenvalue weighted by atomic mass is 35.5. The van der Waals surface area contributed by atoms with Crippen molar-refractivity contribution in [1.29, 1.82) is 0 Å². The third-order valence-corrected chi connectivity index (χ3v) is 6.07. The molecule has 0 aliphatic carbocycles. The molecule has 30 heavy (non-hydrogen) atoms. The zero-order chi connectivity index (χ0) is 21.7. The van der Waals surface area contributed by atoms with E-state index in [1.807, 2.05) is 56.3 Å². The van der Waals surface area contributed by atoms with Gasteiger partial charge in [0.1, 0.15) is 0 Å². The lowest BCUT2D eigenvalue weighted by atomic mass is 10.1. The number of halogens is 2. The first-order valence-corrected chi connectivity index (χ1v) is 10.9. The van der Waals surface area contributed by atoms with Gasteiger partial charge in [0, 0.05) is 21.8 Å². The summed E-state index contributed by atoms with van der Waals surface area (Å²) in [4.78, 5) is 25.8. The molecule has 0 bridgehead atoms. The van der Waals surface area contributed by atoms with Crippen molar-refractivity contribution in [2.45, 2.75) is 24.0 Å². The Morgan fingerprint density at radius 3 is 2.33 bits per heavy atom. The van der Waals surface area contributed by atoms with E-state index in [0.717, 1.165) is 10.5 Å². The molecule has 4 nitrogen and oxygen atoms in total. The Labute approximate surface area is 190 Å². The number of hydrogen-bond donors (Lipinski definition) is 2. The third-order valence-electron chi connectivity index (χ3n) is 4.24. The van der Waals surface area contributed by atoms with Crippen molar-refractivity contribution in [3.63, 3.8) is 0 Å². The molecule has 1 atom stereocenters. The highest BCUT2D eigenvalue weighted by Crippen LogP contribution is 2.28. The number of thioether (sulfide) groups is 1. The molecule has 2 N–H and O–H groups in total. The van der Waals surface area contributed by atoms with Gasteiger partial charge >= 0.3 is 0 Å². The van der Waals surface area contributed by atoms with E-state index in [4.69, 9.17) is 23.2 Å². The molecule has 0 spiro atoms. The smallest absolute Gasteiger partial charge is 0.255 e. The average Bonchev–Trinajstić information content (AvgIpc) is 2.71. The van der Waals surface area contributed by atoms with Crippen LogP contribution in [0.4, 0.5) is 11.4 Å². The largest absolute Gasteiger partial charge is 0.325 e. The molecule has 3 aromatic carbocycles. The van der Waals surface area contributed by atoms with Crippen molar-refractivity contribution in [2.24, 2.45) is 0 Å². The molecule has 154 valence electrons. The van der Waals surface area contributed by atoms with Crippen molar-refractivity contribution in [3.05, 3.63) is 87.9 Å². The van der Waals surface area contributed by atoms with Crippen molar-refractivity contribution in [3.8, 4) is 0 Å². The minimum Gasteiger partial charge on any atom is -0.325 e. The maximum absolute atomic E-state index is 12.5. The van der Waals surface area contributed by atoms with Gasteiger partial charge in [-0.25, -0.2) is 0 Å². The number of hydrogen-bond acceptors (Lipinski definition) is 3. The molecule has 3 rings (SSSR count). The van der Waals surface area contributed by atoms with Gasteiger partial charge in [-0.15, -0.1) is 11.8 Å². The molecule has 0 saturated heterocycles. The Morgan fingerprint density at radius 2 is 1.60 bits per heavy atom. The first-order valence-electron chi connectivity index (χ1n) is 9.22. The van der Waals surface area contributed by atoms with Gasteiger partial charge in [0.25, 0.3) is 5.91 Å². The second-order valence-corrected chi connectivity index (χ2v) is 8.96. The van der Waals surface area contributed by atoms with E-state index < -0.39 is 0 Å². The van der Waals surface area contributed by atoms with E-state index in [-0.39, 0.29) is 17.1 Å². The summed E-state index contributed by atoms with van der Waals surface area (Å²) in [5, 5.41) is 6.18. The predicted molar refractivity (Wildman–Crippen MR) is 126 cm³/mol. The monoisotopic (exact) mass is 458 g/mol. The first-order chi connectivity index (χ1) is 14.3. The number of benzene rings is 3. The van der Waals surface area contributed by atoms with Crippen LogP contribution < -0.4 is 10.6 Å². The number of nitrogens with one attached hydrogen (secondary N) is 2. The maximum atomic E-state index is 12.5. The Morgan fingerprint density at radius 1 is 0.867 bits per heavy atom. The van der Waals surface area contributed by atoms with Gasteiger partial charge in [0.05, 0.1) is 15.3 Å². The van der Waals surface area contributed by atoms with E-state index in [2.05, 4.69) is 10.6 Å². The number of rotatable bonds is 6. The van der Waals surface area contributed by atoms with Crippen LogP contribution in [0.5, 0.6) is 0 Å². The Bertz CT molecular complexity index is 1090. The Hall–Kier alpha value is -2.47. The summed E-state index contributed by atoms with van der Waals surface area (Å²) in [6, 6.07) is 19.8. The summed E-state index contributed by atoms with van der Waals surface area (Å²) in [7, 11) is 0. The second kappa shape index (κ2) is 10.0. The summed E-state index contributed by atoms with van der Waals surface area (Å²) in [5.41, 5.74) is 2.88. The van der Waals surface area contributed by atoms with Crippen LogP contribution in [0.1, 0.15) is 22.8 Å². The minimum atomic E-state index is -0.359. The molecule has 0 radical (unpaired) electrons. The van der Waals surface area contributed by atoms with E-state index in [9.17, 15) is 9.59 Å². The van der Waals surface area contributed by atoms with Crippen LogP contribution in [-0.2, 0) is 4.79 Å². The molecule has 0 aromatic heterocycles. The van der Waals surface area contributed by atoms with E-state index in [0.29, 0.717) is 27.0 Å². The zero-order valence-corrected chi connectivity index (χ0v) is 18.7. The molecule has 0 heterocycles. The van der Waals surface area contributed by atoms with Crippen molar-refractivity contribution in [1.82, 2.24) is 0 Å². The van der Waals surface area contributed by atoms with Gasteiger partial charge in [-0.2, -0.15) is 0 Å². The molecule has 7 heteroatoms. The highest BCUT2D eigenvalue weighted by molar-refractivity contribution is 8.00. The van der Waals surface area contributed by atoms with Gasteiger partial charge in [0.2, 0.25) is 5.91 Å². The summed E-state index contributed by atoms with van der Waals surface area (Å²) in [6.07, 6.45) is 0. The maximum Gasteiger partial charge on any atom is 0.255 e. The van der Waals surface area contributed by atoms with Gasteiger partial charge in [-0.3, -0.25) is 9.59 Å².